The molecule has 3 rings (SSSR count). The van der Waals surface area contributed by atoms with E-state index in [0.29, 0.717) is 31.2 Å². The van der Waals surface area contributed by atoms with Crippen molar-refractivity contribution in [2.75, 3.05) is 31.1 Å². The summed E-state index contributed by atoms with van der Waals surface area (Å²) < 4.78 is 27.1. The zero-order valence-corrected chi connectivity index (χ0v) is 15.2. The first-order chi connectivity index (χ1) is 11.5. The Balaban J connectivity index is 1.75. The third-order valence-electron chi connectivity index (χ3n) is 4.39. The number of anilines is 1. The largest absolute Gasteiger partial charge is 0.369 e. The van der Waals surface area contributed by atoms with Crippen molar-refractivity contribution in [2.24, 2.45) is 0 Å². The molecule has 4 nitrogen and oxygen atoms in total. The van der Waals surface area contributed by atoms with E-state index in [1.165, 1.54) is 17.3 Å². The molecule has 0 amide bonds. The minimum Gasteiger partial charge on any atom is -0.369 e. The number of halogens is 1. The standard InChI is InChI=1S/C18H21ClN2O2S/c1-2-15-6-3-4-9-18(15)20-10-12-21(13-11-20)24(22,23)17-8-5-7-16(19)14-17/h3-9,14H,2,10-13H2,1H3. The van der Waals surface area contributed by atoms with E-state index in [1.54, 1.807) is 22.5 Å². The molecule has 1 fully saturated rings. The van der Waals surface area contributed by atoms with Crippen molar-refractivity contribution in [3.8, 4) is 0 Å². The molecule has 0 unspecified atom stereocenters. The SMILES string of the molecule is CCc1ccccc1N1CCN(S(=O)(=O)c2cccc(Cl)c2)CC1. The molecule has 0 bridgehead atoms. The molecule has 0 atom stereocenters. The summed E-state index contributed by atoms with van der Waals surface area (Å²) in [5.74, 6) is 0. The van der Waals surface area contributed by atoms with Crippen molar-refractivity contribution >= 4 is 27.3 Å². The number of aryl methyl sites for hydroxylation is 1. The van der Waals surface area contributed by atoms with Gasteiger partial charge in [-0.25, -0.2) is 8.42 Å². The number of nitrogens with zero attached hydrogens (tertiary/aromatic N) is 2. The Kier molecular flexibility index (Phi) is 5.13. The molecule has 0 saturated carbocycles. The van der Waals surface area contributed by atoms with Crippen LogP contribution in [0.2, 0.25) is 5.02 Å². The molecule has 6 heteroatoms. The first-order valence-electron chi connectivity index (χ1n) is 8.11. The number of para-hydroxylation sites is 1. The fourth-order valence-corrected chi connectivity index (χ4v) is 4.79. The molecule has 24 heavy (non-hydrogen) atoms. The van der Waals surface area contributed by atoms with Gasteiger partial charge in [0, 0.05) is 36.9 Å². The number of rotatable bonds is 4. The minimum atomic E-state index is -3.48. The van der Waals surface area contributed by atoms with E-state index in [0.717, 1.165) is 6.42 Å². The number of hydrogen-bond acceptors (Lipinski definition) is 3. The van der Waals surface area contributed by atoms with Crippen LogP contribution >= 0.6 is 11.6 Å². The maximum atomic E-state index is 12.8. The summed E-state index contributed by atoms with van der Waals surface area (Å²) in [7, 11) is -3.48. The second-order valence-electron chi connectivity index (χ2n) is 5.83. The minimum absolute atomic E-state index is 0.261. The second kappa shape index (κ2) is 7.13. The Bertz CT molecular complexity index is 815. The molecule has 128 valence electrons. The van der Waals surface area contributed by atoms with Gasteiger partial charge in [-0.05, 0) is 36.2 Å². The quantitative estimate of drug-likeness (QED) is 0.834. The molecule has 0 aliphatic carbocycles. The first kappa shape index (κ1) is 17.3. The average Bonchev–Trinajstić information content (AvgIpc) is 2.62. The number of piperazine rings is 1. The van der Waals surface area contributed by atoms with Crippen LogP contribution in [0.25, 0.3) is 0 Å². The molecule has 0 radical (unpaired) electrons. The Morgan fingerprint density at radius 2 is 1.71 bits per heavy atom. The van der Waals surface area contributed by atoms with E-state index in [-0.39, 0.29) is 4.90 Å². The first-order valence-corrected chi connectivity index (χ1v) is 9.92. The molecular weight excluding hydrogens is 344 g/mol. The zero-order chi connectivity index (χ0) is 17.2. The third-order valence-corrected chi connectivity index (χ3v) is 6.52. The highest BCUT2D eigenvalue weighted by atomic mass is 35.5. The Morgan fingerprint density at radius 1 is 1.00 bits per heavy atom. The monoisotopic (exact) mass is 364 g/mol. The van der Waals surface area contributed by atoms with Crippen LogP contribution < -0.4 is 4.90 Å². The van der Waals surface area contributed by atoms with Gasteiger partial charge in [0.05, 0.1) is 4.90 Å². The lowest BCUT2D eigenvalue weighted by atomic mass is 10.1. The van der Waals surface area contributed by atoms with Crippen LogP contribution in [0, 0.1) is 0 Å². The number of benzene rings is 2. The number of hydrogen-bond donors (Lipinski definition) is 0. The third kappa shape index (κ3) is 3.43. The van der Waals surface area contributed by atoms with Crippen LogP contribution in [0.15, 0.2) is 53.4 Å². The number of sulfonamides is 1. The maximum absolute atomic E-state index is 12.8. The highest BCUT2D eigenvalue weighted by molar-refractivity contribution is 7.89. The van der Waals surface area contributed by atoms with Gasteiger partial charge < -0.3 is 4.90 Å². The van der Waals surface area contributed by atoms with Crippen molar-refractivity contribution < 1.29 is 8.42 Å². The molecule has 1 saturated heterocycles. The van der Waals surface area contributed by atoms with Gasteiger partial charge in [0.2, 0.25) is 10.0 Å². The fraction of sp³-hybridized carbons (Fsp3) is 0.333. The molecule has 0 spiro atoms. The van der Waals surface area contributed by atoms with E-state index in [4.69, 9.17) is 11.6 Å². The van der Waals surface area contributed by atoms with Gasteiger partial charge in [-0.3, -0.25) is 0 Å². The highest BCUT2D eigenvalue weighted by Gasteiger charge is 2.29. The Morgan fingerprint density at radius 3 is 2.38 bits per heavy atom. The summed E-state index contributed by atoms with van der Waals surface area (Å²) in [5, 5.41) is 0.437. The fourth-order valence-electron chi connectivity index (χ4n) is 3.06. The van der Waals surface area contributed by atoms with Crippen molar-refractivity contribution in [2.45, 2.75) is 18.2 Å². The highest BCUT2D eigenvalue weighted by Crippen LogP contribution is 2.25. The molecule has 0 aromatic heterocycles. The van der Waals surface area contributed by atoms with Crippen molar-refractivity contribution in [1.29, 1.82) is 0 Å². The lowest BCUT2D eigenvalue weighted by Gasteiger charge is -2.36. The van der Waals surface area contributed by atoms with Gasteiger partial charge in [0.1, 0.15) is 0 Å². The lowest BCUT2D eigenvalue weighted by Crippen LogP contribution is -2.48. The van der Waals surface area contributed by atoms with E-state index in [2.05, 4.69) is 24.0 Å². The van der Waals surface area contributed by atoms with Gasteiger partial charge in [-0.15, -0.1) is 0 Å². The van der Waals surface area contributed by atoms with Crippen LogP contribution in [0.4, 0.5) is 5.69 Å². The van der Waals surface area contributed by atoms with Gasteiger partial charge in [-0.1, -0.05) is 42.8 Å². The Labute approximate surface area is 148 Å². The smallest absolute Gasteiger partial charge is 0.243 e. The summed E-state index contributed by atoms with van der Waals surface area (Å²) in [6.07, 6.45) is 0.969. The normalized spacial score (nSPS) is 16.3. The molecule has 1 aliphatic heterocycles. The average molecular weight is 365 g/mol. The predicted octanol–water partition coefficient (Wildman–Crippen LogP) is 3.41. The maximum Gasteiger partial charge on any atom is 0.243 e. The Hall–Kier alpha value is -1.56. The molecule has 2 aromatic carbocycles. The molecule has 1 heterocycles. The summed E-state index contributed by atoms with van der Waals surface area (Å²) in [6, 6.07) is 14.8. The van der Waals surface area contributed by atoms with Crippen molar-refractivity contribution in [1.82, 2.24) is 4.31 Å². The van der Waals surface area contributed by atoms with Gasteiger partial charge in [0.15, 0.2) is 0 Å². The van der Waals surface area contributed by atoms with Gasteiger partial charge in [0.25, 0.3) is 0 Å². The summed E-state index contributed by atoms with van der Waals surface area (Å²) in [5.41, 5.74) is 2.50. The summed E-state index contributed by atoms with van der Waals surface area (Å²) >= 11 is 5.94. The van der Waals surface area contributed by atoms with Crippen LogP contribution in [0.3, 0.4) is 0 Å². The lowest BCUT2D eigenvalue weighted by molar-refractivity contribution is 0.384. The van der Waals surface area contributed by atoms with Crippen molar-refractivity contribution in [3.05, 3.63) is 59.1 Å². The zero-order valence-electron chi connectivity index (χ0n) is 13.7. The predicted molar refractivity (Wildman–Crippen MR) is 98.2 cm³/mol. The topological polar surface area (TPSA) is 40.6 Å². The van der Waals surface area contributed by atoms with E-state index < -0.39 is 10.0 Å². The van der Waals surface area contributed by atoms with Crippen LogP contribution in [0.5, 0.6) is 0 Å². The molecule has 1 aliphatic rings. The summed E-state index contributed by atoms with van der Waals surface area (Å²) in [6.45, 7) is 4.48. The van der Waals surface area contributed by atoms with Gasteiger partial charge in [-0.2, -0.15) is 4.31 Å². The van der Waals surface area contributed by atoms with Crippen LogP contribution in [-0.2, 0) is 16.4 Å². The van der Waals surface area contributed by atoms with Crippen molar-refractivity contribution in [3.63, 3.8) is 0 Å². The van der Waals surface area contributed by atoms with Crippen LogP contribution in [-0.4, -0.2) is 38.9 Å². The van der Waals surface area contributed by atoms with E-state index >= 15 is 0 Å². The summed E-state index contributed by atoms with van der Waals surface area (Å²) in [4.78, 5) is 2.53. The molecule has 2 aromatic rings. The van der Waals surface area contributed by atoms with Gasteiger partial charge >= 0.3 is 0 Å². The van der Waals surface area contributed by atoms with E-state index in [1.807, 2.05) is 12.1 Å². The molecule has 0 N–H and O–H groups in total. The van der Waals surface area contributed by atoms with E-state index in [9.17, 15) is 8.42 Å². The second-order valence-corrected chi connectivity index (χ2v) is 8.21. The molecular formula is C18H21ClN2O2S. The van der Waals surface area contributed by atoms with Crippen LogP contribution in [0.1, 0.15) is 12.5 Å².